The predicted octanol–water partition coefficient (Wildman–Crippen LogP) is 2.64. The van der Waals surface area contributed by atoms with Crippen molar-refractivity contribution < 1.29 is 23.1 Å². The number of likely N-dealkylation sites (N-methyl/N-ethyl adjacent to an activating group) is 1. The van der Waals surface area contributed by atoms with Crippen molar-refractivity contribution in [1.29, 1.82) is 0 Å². The van der Waals surface area contributed by atoms with Crippen molar-refractivity contribution in [3.8, 4) is 0 Å². The Morgan fingerprint density at radius 2 is 1.92 bits per heavy atom. The summed E-state index contributed by atoms with van der Waals surface area (Å²) in [6.07, 6.45) is -3.38. The van der Waals surface area contributed by atoms with Gasteiger partial charge in [-0.25, -0.2) is 4.79 Å². The van der Waals surface area contributed by atoms with Crippen LogP contribution in [0.1, 0.15) is 37.4 Å². The Hall–Kier alpha value is -1.83. The zero-order valence-electron chi connectivity index (χ0n) is 14.2. The Bertz CT molecular complexity index is 636. The summed E-state index contributed by atoms with van der Waals surface area (Å²) in [5.41, 5.74) is -2.03. The van der Waals surface area contributed by atoms with Crippen molar-refractivity contribution in [1.82, 2.24) is 9.47 Å². The topological polar surface area (TPSA) is 62.5 Å². The molecule has 0 radical (unpaired) electrons. The molecule has 0 amide bonds. The molecule has 1 heterocycles. The van der Waals surface area contributed by atoms with Crippen LogP contribution in [0.25, 0.3) is 0 Å². The third kappa shape index (κ3) is 5.36. The molecule has 1 aromatic rings. The van der Waals surface area contributed by atoms with Crippen molar-refractivity contribution in [3.63, 3.8) is 0 Å². The molecule has 5 nitrogen and oxygen atoms in total. The Kier molecular flexibility index (Phi) is 6.59. The maximum atomic E-state index is 13.2. The highest BCUT2D eigenvalue weighted by atomic mass is 19.4. The first-order valence-electron chi connectivity index (χ1n) is 7.63. The minimum Gasteiger partial charge on any atom is -0.480 e. The van der Waals surface area contributed by atoms with Crippen LogP contribution in [-0.2, 0) is 17.4 Å². The van der Waals surface area contributed by atoms with Crippen molar-refractivity contribution in [3.05, 3.63) is 33.7 Å². The first-order chi connectivity index (χ1) is 10.9. The number of nitrogens with zero attached hydrogens (tertiary/aromatic N) is 2. The second-order valence-electron chi connectivity index (χ2n) is 6.49. The number of aliphatic carboxylic acids is 1. The van der Waals surface area contributed by atoms with Crippen LogP contribution < -0.4 is 5.56 Å². The van der Waals surface area contributed by atoms with Gasteiger partial charge in [0.15, 0.2) is 0 Å². The van der Waals surface area contributed by atoms with Crippen molar-refractivity contribution in [2.24, 2.45) is 5.92 Å². The van der Waals surface area contributed by atoms with Crippen LogP contribution >= 0.6 is 0 Å². The fourth-order valence-electron chi connectivity index (χ4n) is 2.42. The van der Waals surface area contributed by atoms with E-state index in [0.29, 0.717) is 12.6 Å². The van der Waals surface area contributed by atoms with E-state index < -0.39 is 29.3 Å². The van der Waals surface area contributed by atoms with Gasteiger partial charge in [0, 0.05) is 18.8 Å². The van der Waals surface area contributed by atoms with E-state index in [2.05, 4.69) is 0 Å². The van der Waals surface area contributed by atoms with Gasteiger partial charge in [0.05, 0.1) is 5.56 Å². The quantitative estimate of drug-likeness (QED) is 0.823. The molecule has 1 aromatic heterocycles. The molecule has 0 spiro atoms. The Morgan fingerprint density at radius 1 is 1.33 bits per heavy atom. The second kappa shape index (κ2) is 7.83. The van der Waals surface area contributed by atoms with Crippen LogP contribution in [0.2, 0.25) is 0 Å². The Balaban J connectivity index is 3.44. The average molecular weight is 348 g/mol. The van der Waals surface area contributed by atoms with Gasteiger partial charge in [-0.1, -0.05) is 13.8 Å². The molecule has 0 aliphatic rings. The molecule has 0 aliphatic heterocycles. The summed E-state index contributed by atoms with van der Waals surface area (Å²) in [4.78, 5) is 25.3. The van der Waals surface area contributed by atoms with E-state index in [4.69, 9.17) is 0 Å². The van der Waals surface area contributed by atoms with E-state index >= 15 is 0 Å². The number of carboxylic acid groups (broad SMARTS) is 1. The number of hydrogen-bond donors (Lipinski definition) is 1. The average Bonchev–Trinajstić information content (AvgIpc) is 2.41. The molecule has 1 rings (SSSR count). The van der Waals surface area contributed by atoms with Gasteiger partial charge in [0.25, 0.3) is 5.56 Å². The molecule has 136 valence electrons. The largest absolute Gasteiger partial charge is 0.480 e. The van der Waals surface area contributed by atoms with Gasteiger partial charge in [-0.15, -0.1) is 0 Å². The summed E-state index contributed by atoms with van der Waals surface area (Å²) < 4.78 is 40.4. The smallest absolute Gasteiger partial charge is 0.416 e. The number of rotatable bonds is 7. The van der Waals surface area contributed by atoms with Crippen LogP contribution in [0.3, 0.4) is 0 Å². The molecule has 0 saturated heterocycles. The number of carbonyl (C=O) groups is 1. The zero-order valence-corrected chi connectivity index (χ0v) is 14.2. The summed E-state index contributed by atoms with van der Waals surface area (Å²) in [5.74, 6) is -1.25. The third-order valence-corrected chi connectivity index (χ3v) is 3.61. The summed E-state index contributed by atoms with van der Waals surface area (Å²) in [6.45, 7) is 3.93. The van der Waals surface area contributed by atoms with E-state index in [1.165, 1.54) is 0 Å². The van der Waals surface area contributed by atoms with Crippen LogP contribution in [0.4, 0.5) is 13.2 Å². The molecule has 0 bridgehead atoms. The maximum Gasteiger partial charge on any atom is 0.416 e. The minimum atomic E-state index is -4.66. The third-order valence-electron chi connectivity index (χ3n) is 3.61. The molecule has 0 aliphatic carbocycles. The molecule has 0 fully saturated rings. The lowest BCUT2D eigenvalue weighted by atomic mass is 10.0. The predicted molar refractivity (Wildman–Crippen MR) is 84.1 cm³/mol. The second-order valence-corrected chi connectivity index (χ2v) is 6.49. The van der Waals surface area contributed by atoms with Gasteiger partial charge in [0.2, 0.25) is 0 Å². The van der Waals surface area contributed by atoms with E-state index in [9.17, 15) is 27.9 Å². The summed E-state index contributed by atoms with van der Waals surface area (Å²) in [7, 11) is 3.45. The molecule has 8 heteroatoms. The number of aromatic nitrogens is 1. The maximum absolute atomic E-state index is 13.2. The number of halogens is 3. The van der Waals surface area contributed by atoms with Crippen molar-refractivity contribution in [2.45, 2.75) is 38.9 Å². The minimum absolute atomic E-state index is 0.0227. The van der Waals surface area contributed by atoms with Crippen LogP contribution in [0.15, 0.2) is 17.1 Å². The summed E-state index contributed by atoms with van der Waals surface area (Å²) in [6, 6.07) is -0.681. The molecule has 0 saturated carbocycles. The first-order valence-corrected chi connectivity index (χ1v) is 7.63. The number of hydrogen-bond acceptors (Lipinski definition) is 3. The SMILES string of the molecule is CC(C)CC(C(=O)O)n1cc(CCN(C)C)c(C(F)(F)F)cc1=O. The Morgan fingerprint density at radius 3 is 2.33 bits per heavy atom. The van der Waals surface area contributed by atoms with E-state index in [1.807, 2.05) is 0 Å². The van der Waals surface area contributed by atoms with Crippen molar-refractivity contribution >= 4 is 5.97 Å². The molecular weight excluding hydrogens is 325 g/mol. The molecule has 0 aromatic carbocycles. The lowest BCUT2D eigenvalue weighted by Crippen LogP contribution is -2.32. The van der Waals surface area contributed by atoms with Crippen molar-refractivity contribution in [2.75, 3.05) is 20.6 Å². The lowest BCUT2D eigenvalue weighted by Gasteiger charge is -2.21. The molecule has 1 N–H and O–H groups in total. The number of alkyl halides is 3. The number of carboxylic acids is 1. The van der Waals surface area contributed by atoms with Gasteiger partial charge >= 0.3 is 12.1 Å². The van der Waals surface area contributed by atoms with Crippen LogP contribution in [0, 0.1) is 5.92 Å². The Labute approximate surface area is 138 Å². The standard InChI is InChI=1S/C16H23F3N2O3/c1-10(2)7-13(15(23)24)21-9-11(5-6-20(3)4)12(8-14(21)22)16(17,18)19/h8-10,13H,5-7H2,1-4H3,(H,23,24). The van der Waals surface area contributed by atoms with Gasteiger partial charge in [-0.3, -0.25) is 4.79 Å². The molecular formula is C16H23F3N2O3. The molecule has 1 atom stereocenters. The fourth-order valence-corrected chi connectivity index (χ4v) is 2.42. The highest BCUT2D eigenvalue weighted by molar-refractivity contribution is 5.71. The summed E-state index contributed by atoms with van der Waals surface area (Å²) in [5, 5.41) is 9.35. The highest BCUT2D eigenvalue weighted by Crippen LogP contribution is 2.32. The summed E-state index contributed by atoms with van der Waals surface area (Å²) >= 11 is 0. The lowest BCUT2D eigenvalue weighted by molar-refractivity contribution is -0.141. The van der Waals surface area contributed by atoms with E-state index in [1.54, 1.807) is 32.8 Å². The fraction of sp³-hybridized carbons (Fsp3) is 0.625. The van der Waals surface area contributed by atoms with Gasteiger partial charge in [-0.2, -0.15) is 13.2 Å². The zero-order chi connectivity index (χ0) is 18.7. The van der Waals surface area contributed by atoms with E-state index in [0.717, 1.165) is 10.8 Å². The highest BCUT2D eigenvalue weighted by Gasteiger charge is 2.35. The van der Waals surface area contributed by atoms with Gasteiger partial charge in [0.1, 0.15) is 6.04 Å². The normalized spacial score (nSPS) is 13.5. The molecule has 24 heavy (non-hydrogen) atoms. The number of pyridine rings is 1. The molecule has 1 unspecified atom stereocenters. The van der Waals surface area contributed by atoms with Crippen LogP contribution in [-0.4, -0.2) is 41.2 Å². The van der Waals surface area contributed by atoms with Crippen LogP contribution in [0.5, 0.6) is 0 Å². The van der Waals surface area contributed by atoms with Gasteiger partial charge < -0.3 is 14.6 Å². The first kappa shape index (κ1) is 20.2. The van der Waals surface area contributed by atoms with E-state index in [-0.39, 0.29) is 24.3 Å². The van der Waals surface area contributed by atoms with Gasteiger partial charge in [-0.05, 0) is 38.4 Å². The monoisotopic (exact) mass is 348 g/mol.